The lowest BCUT2D eigenvalue weighted by Gasteiger charge is -2.20. The summed E-state index contributed by atoms with van der Waals surface area (Å²) >= 11 is 0. The topological polar surface area (TPSA) is 66.0 Å². The van der Waals surface area contributed by atoms with Crippen LogP contribution in [0.15, 0.2) is 29.3 Å². The molecule has 0 aliphatic carbocycles. The van der Waals surface area contributed by atoms with Gasteiger partial charge in [0.15, 0.2) is 5.96 Å². The Labute approximate surface area is 199 Å². The Kier molecular flexibility index (Phi) is 12.8. The molecule has 1 aliphatic heterocycles. The fraction of sp³-hybridized carbons (Fsp3) is 0.652. The van der Waals surface area contributed by atoms with Crippen LogP contribution >= 0.6 is 24.0 Å². The van der Waals surface area contributed by atoms with E-state index in [2.05, 4.69) is 36.6 Å². The lowest BCUT2D eigenvalue weighted by atomic mass is 10.1. The molecule has 30 heavy (non-hydrogen) atoms. The third kappa shape index (κ3) is 9.10. The summed E-state index contributed by atoms with van der Waals surface area (Å²) in [5.41, 5.74) is 1.25. The molecule has 1 saturated heterocycles. The van der Waals surface area contributed by atoms with Crippen molar-refractivity contribution in [1.82, 2.24) is 15.5 Å². The van der Waals surface area contributed by atoms with E-state index in [1.807, 2.05) is 30.9 Å². The highest BCUT2D eigenvalue weighted by Crippen LogP contribution is 2.14. The molecule has 1 aromatic rings. The Bertz CT molecular complexity index is 649. The minimum absolute atomic E-state index is 0. The summed E-state index contributed by atoms with van der Waals surface area (Å²) in [7, 11) is 0. The molecule has 1 aliphatic rings. The number of ether oxygens (including phenoxy) is 1. The van der Waals surface area contributed by atoms with Crippen molar-refractivity contribution in [2.75, 3.05) is 32.8 Å². The Morgan fingerprint density at radius 3 is 2.63 bits per heavy atom. The third-order valence-electron chi connectivity index (χ3n) is 5.04. The number of carbonyl (C=O) groups excluding carboxylic acids is 1. The molecule has 0 radical (unpaired) electrons. The van der Waals surface area contributed by atoms with Crippen LogP contribution < -0.4 is 15.4 Å². The van der Waals surface area contributed by atoms with E-state index in [4.69, 9.17) is 9.73 Å². The number of rotatable bonds is 10. The summed E-state index contributed by atoms with van der Waals surface area (Å²) in [4.78, 5) is 18.8. The number of nitrogens with one attached hydrogen (secondary N) is 2. The zero-order valence-electron chi connectivity index (χ0n) is 18.9. The van der Waals surface area contributed by atoms with Gasteiger partial charge in [-0.15, -0.1) is 24.0 Å². The van der Waals surface area contributed by atoms with Gasteiger partial charge >= 0.3 is 0 Å². The van der Waals surface area contributed by atoms with Crippen molar-refractivity contribution >= 4 is 35.8 Å². The number of hydrogen-bond acceptors (Lipinski definition) is 3. The number of aliphatic imine (C=N–C) groups is 1. The van der Waals surface area contributed by atoms with Gasteiger partial charge in [-0.05, 0) is 43.9 Å². The Morgan fingerprint density at radius 1 is 1.27 bits per heavy atom. The minimum Gasteiger partial charge on any atom is -0.494 e. The SMILES string of the molecule is CCCCOc1ccc(CCN=C(NCC)NC2CCN(C(=O)C(C)C)C2)cc1.I. The molecule has 0 aromatic heterocycles. The van der Waals surface area contributed by atoms with Crippen LogP contribution in [0.3, 0.4) is 0 Å². The predicted molar refractivity (Wildman–Crippen MR) is 135 cm³/mol. The van der Waals surface area contributed by atoms with Crippen molar-refractivity contribution < 1.29 is 9.53 Å². The van der Waals surface area contributed by atoms with E-state index in [9.17, 15) is 4.79 Å². The first-order chi connectivity index (χ1) is 14.0. The Hall–Kier alpha value is -1.51. The van der Waals surface area contributed by atoms with Crippen LogP contribution in [0.5, 0.6) is 5.75 Å². The van der Waals surface area contributed by atoms with Gasteiger partial charge in [0.1, 0.15) is 5.75 Å². The molecule has 0 bridgehead atoms. The summed E-state index contributed by atoms with van der Waals surface area (Å²) in [6.07, 6.45) is 4.07. The Balaban J connectivity index is 0.00000450. The molecule has 1 heterocycles. The van der Waals surface area contributed by atoms with Crippen molar-refractivity contribution in [2.45, 2.75) is 59.4 Å². The normalized spacial score (nSPS) is 16.4. The first-order valence-corrected chi connectivity index (χ1v) is 11.1. The van der Waals surface area contributed by atoms with Gasteiger partial charge in [-0.25, -0.2) is 0 Å². The second kappa shape index (κ2) is 14.5. The second-order valence-electron chi connectivity index (χ2n) is 7.93. The van der Waals surface area contributed by atoms with E-state index >= 15 is 0 Å². The fourth-order valence-electron chi connectivity index (χ4n) is 3.34. The summed E-state index contributed by atoms with van der Waals surface area (Å²) in [5, 5.41) is 6.81. The summed E-state index contributed by atoms with van der Waals surface area (Å²) < 4.78 is 5.72. The van der Waals surface area contributed by atoms with Crippen LogP contribution in [0.2, 0.25) is 0 Å². The number of carbonyl (C=O) groups is 1. The standard InChI is InChI=1S/C23H38N4O2.HI/c1-5-7-16-29-21-10-8-19(9-11-21)12-14-25-23(24-6-2)26-20-13-15-27(17-20)22(28)18(3)4;/h8-11,18,20H,5-7,12-17H2,1-4H3,(H2,24,25,26);1H. The molecule has 1 aromatic carbocycles. The molecule has 0 saturated carbocycles. The van der Waals surface area contributed by atoms with Crippen LogP contribution in [0.4, 0.5) is 0 Å². The minimum atomic E-state index is 0. The summed E-state index contributed by atoms with van der Waals surface area (Å²) in [5.74, 6) is 2.05. The van der Waals surface area contributed by atoms with E-state index in [1.165, 1.54) is 5.56 Å². The summed E-state index contributed by atoms with van der Waals surface area (Å²) in [6.45, 7) is 12.0. The molecule has 6 nitrogen and oxygen atoms in total. The van der Waals surface area contributed by atoms with Crippen molar-refractivity contribution in [3.8, 4) is 5.75 Å². The number of amides is 1. The smallest absolute Gasteiger partial charge is 0.225 e. The molecule has 1 amide bonds. The number of likely N-dealkylation sites (tertiary alicyclic amines) is 1. The summed E-state index contributed by atoms with van der Waals surface area (Å²) in [6, 6.07) is 8.57. The maximum atomic E-state index is 12.2. The van der Waals surface area contributed by atoms with Crippen molar-refractivity contribution in [3.63, 3.8) is 0 Å². The van der Waals surface area contributed by atoms with Crippen molar-refractivity contribution in [3.05, 3.63) is 29.8 Å². The van der Waals surface area contributed by atoms with Crippen LogP contribution in [-0.4, -0.2) is 55.6 Å². The molecule has 1 unspecified atom stereocenters. The number of benzene rings is 1. The molecular weight excluding hydrogens is 491 g/mol. The average molecular weight is 530 g/mol. The van der Waals surface area contributed by atoms with Crippen molar-refractivity contribution in [2.24, 2.45) is 10.9 Å². The largest absolute Gasteiger partial charge is 0.494 e. The first-order valence-electron chi connectivity index (χ1n) is 11.1. The lowest BCUT2D eigenvalue weighted by Crippen LogP contribution is -2.45. The third-order valence-corrected chi connectivity index (χ3v) is 5.04. The van der Waals surface area contributed by atoms with Gasteiger partial charge in [0.2, 0.25) is 5.91 Å². The van der Waals surface area contributed by atoms with E-state index in [1.54, 1.807) is 0 Å². The number of unbranched alkanes of at least 4 members (excludes halogenated alkanes) is 1. The number of halogens is 1. The highest BCUT2D eigenvalue weighted by atomic mass is 127. The van der Waals surface area contributed by atoms with Crippen LogP contribution in [0, 0.1) is 5.92 Å². The molecular formula is C23H39IN4O2. The second-order valence-corrected chi connectivity index (χ2v) is 7.93. The van der Waals surface area contributed by atoms with E-state index in [0.717, 1.165) is 63.6 Å². The molecule has 170 valence electrons. The maximum absolute atomic E-state index is 12.2. The molecule has 1 atom stereocenters. The van der Waals surface area contributed by atoms with E-state index < -0.39 is 0 Å². The van der Waals surface area contributed by atoms with Gasteiger partial charge in [0.05, 0.1) is 6.61 Å². The van der Waals surface area contributed by atoms with Gasteiger partial charge in [-0.1, -0.05) is 39.3 Å². The molecule has 0 spiro atoms. The average Bonchev–Trinajstić information content (AvgIpc) is 3.17. The zero-order chi connectivity index (χ0) is 21.1. The van der Waals surface area contributed by atoms with E-state index in [-0.39, 0.29) is 41.8 Å². The van der Waals surface area contributed by atoms with Crippen LogP contribution in [0.1, 0.15) is 52.5 Å². The van der Waals surface area contributed by atoms with Crippen LogP contribution in [-0.2, 0) is 11.2 Å². The van der Waals surface area contributed by atoms with Gasteiger partial charge in [-0.2, -0.15) is 0 Å². The monoisotopic (exact) mass is 530 g/mol. The Morgan fingerprint density at radius 2 is 2.00 bits per heavy atom. The zero-order valence-corrected chi connectivity index (χ0v) is 21.3. The highest BCUT2D eigenvalue weighted by Gasteiger charge is 2.27. The maximum Gasteiger partial charge on any atom is 0.225 e. The number of guanidine groups is 1. The first kappa shape index (κ1) is 26.5. The number of hydrogen-bond donors (Lipinski definition) is 2. The number of nitrogens with zero attached hydrogens (tertiary/aromatic N) is 2. The predicted octanol–water partition coefficient (Wildman–Crippen LogP) is 3.84. The molecule has 1 fully saturated rings. The van der Waals surface area contributed by atoms with Gasteiger partial charge < -0.3 is 20.3 Å². The molecule has 2 N–H and O–H groups in total. The van der Waals surface area contributed by atoms with Gasteiger partial charge in [0.25, 0.3) is 0 Å². The fourth-order valence-corrected chi connectivity index (χ4v) is 3.34. The van der Waals surface area contributed by atoms with Crippen LogP contribution in [0.25, 0.3) is 0 Å². The van der Waals surface area contributed by atoms with Gasteiger partial charge in [0, 0.05) is 38.1 Å². The van der Waals surface area contributed by atoms with Crippen molar-refractivity contribution in [1.29, 1.82) is 0 Å². The van der Waals surface area contributed by atoms with E-state index in [0.29, 0.717) is 6.54 Å². The quantitative estimate of drug-likeness (QED) is 0.209. The molecule has 7 heteroatoms. The lowest BCUT2D eigenvalue weighted by molar-refractivity contribution is -0.133. The molecule has 2 rings (SSSR count). The van der Waals surface area contributed by atoms with Gasteiger partial charge in [-0.3, -0.25) is 9.79 Å². The highest BCUT2D eigenvalue weighted by molar-refractivity contribution is 14.0.